The maximum absolute atomic E-state index is 15.4. The molecule has 5 fully saturated rings. The number of fused-ring (bicyclic) bond motifs is 1. The highest BCUT2D eigenvalue weighted by molar-refractivity contribution is 6.02. The van der Waals surface area contributed by atoms with E-state index in [4.69, 9.17) is 30.1 Å². The summed E-state index contributed by atoms with van der Waals surface area (Å²) < 4.78 is 44.1. The first-order valence-corrected chi connectivity index (χ1v) is 23.7. The number of rotatable bonds is 11. The van der Waals surface area contributed by atoms with E-state index in [1.54, 1.807) is 34.1 Å². The zero-order valence-electron chi connectivity index (χ0n) is 39.2. The number of carbonyl (C=O) groups is 4. The molecule has 10 rings (SSSR count). The maximum Gasteiger partial charge on any atom is 0.410 e. The number of nitrogens with two attached hydrogens (primary N) is 1. The first-order chi connectivity index (χ1) is 33.1. The molecule has 364 valence electrons. The van der Waals surface area contributed by atoms with Crippen LogP contribution in [0.4, 0.5) is 30.8 Å². The van der Waals surface area contributed by atoms with Crippen LogP contribution in [0.1, 0.15) is 82.5 Å². The average molecular weight is 951 g/mol. The van der Waals surface area contributed by atoms with Crippen LogP contribution >= 0.6 is 0 Å². The first kappa shape index (κ1) is 45.9. The summed E-state index contributed by atoms with van der Waals surface area (Å²) in [5, 5.41) is 12.3. The van der Waals surface area contributed by atoms with E-state index in [0.29, 0.717) is 97.8 Å². The lowest BCUT2D eigenvalue weighted by Gasteiger charge is -2.40. The van der Waals surface area contributed by atoms with E-state index in [-0.39, 0.29) is 60.3 Å². The number of piperazine rings is 1. The van der Waals surface area contributed by atoms with Gasteiger partial charge in [0.2, 0.25) is 11.8 Å². The summed E-state index contributed by atoms with van der Waals surface area (Å²) in [6.07, 6.45) is 8.35. The Kier molecular flexibility index (Phi) is 12.1. The van der Waals surface area contributed by atoms with Crippen molar-refractivity contribution < 1.29 is 37.2 Å². The van der Waals surface area contributed by atoms with Gasteiger partial charge < -0.3 is 34.6 Å². The summed E-state index contributed by atoms with van der Waals surface area (Å²) in [4.78, 5) is 77.1. The van der Waals surface area contributed by atoms with Gasteiger partial charge in [0.15, 0.2) is 35.5 Å². The largest absolute Gasteiger partial charge is 0.439 e. The number of aromatic nitrogens is 7. The van der Waals surface area contributed by atoms with Gasteiger partial charge in [-0.25, -0.2) is 38.2 Å². The lowest BCUT2D eigenvalue weighted by Crippen LogP contribution is -2.51. The smallest absolute Gasteiger partial charge is 0.410 e. The predicted molar refractivity (Wildman–Crippen MR) is 248 cm³/mol. The van der Waals surface area contributed by atoms with Crippen molar-refractivity contribution in [3.05, 3.63) is 53.8 Å². The topological polar surface area (TPSA) is 227 Å². The fourth-order valence-corrected chi connectivity index (χ4v) is 9.91. The molecule has 22 heteroatoms. The number of benzene rings is 1. The third-order valence-electron chi connectivity index (χ3n) is 14.1. The van der Waals surface area contributed by atoms with Crippen molar-refractivity contribution in [2.24, 2.45) is 5.92 Å². The number of carbonyl (C=O) groups excluding carboxylic acids is 4. The maximum atomic E-state index is 15.4. The average Bonchev–Trinajstić information content (AvgIpc) is 3.92. The van der Waals surface area contributed by atoms with Crippen LogP contribution in [-0.2, 0) is 24.7 Å². The molecular formula is C47H56F2N14O6. The van der Waals surface area contributed by atoms with Crippen molar-refractivity contribution in [2.45, 2.75) is 82.7 Å². The number of amides is 4. The van der Waals surface area contributed by atoms with Crippen LogP contribution in [0.5, 0.6) is 0 Å². The molecule has 20 nitrogen and oxygen atoms in total. The van der Waals surface area contributed by atoms with E-state index in [1.807, 2.05) is 25.5 Å². The van der Waals surface area contributed by atoms with Crippen LogP contribution in [-0.4, -0.2) is 152 Å². The summed E-state index contributed by atoms with van der Waals surface area (Å²) in [5.74, 6) is -0.509. The Labute approximate surface area is 396 Å². The van der Waals surface area contributed by atoms with Crippen molar-refractivity contribution >= 4 is 52.0 Å². The van der Waals surface area contributed by atoms with Gasteiger partial charge in [-0.3, -0.25) is 24.6 Å². The summed E-state index contributed by atoms with van der Waals surface area (Å²) >= 11 is 0. The molecule has 0 bridgehead atoms. The normalized spacial score (nSPS) is 19.8. The highest BCUT2D eigenvalue weighted by Gasteiger charge is 2.39. The molecule has 1 unspecified atom stereocenters. The van der Waals surface area contributed by atoms with Gasteiger partial charge in [-0.2, -0.15) is 5.10 Å². The molecule has 5 aromatic rings. The number of nitrogen functional groups attached to an aromatic ring is 1. The quantitative estimate of drug-likeness (QED) is 0.176. The summed E-state index contributed by atoms with van der Waals surface area (Å²) in [6, 6.07) is 1.79. The number of hydrogen-bond donors (Lipinski definition) is 2. The van der Waals surface area contributed by atoms with Crippen molar-refractivity contribution in [1.29, 1.82) is 0 Å². The second-order valence-electron chi connectivity index (χ2n) is 19.9. The van der Waals surface area contributed by atoms with E-state index in [0.717, 1.165) is 37.8 Å². The molecule has 8 heterocycles. The van der Waals surface area contributed by atoms with E-state index >= 15 is 8.78 Å². The molecule has 5 aliphatic rings. The summed E-state index contributed by atoms with van der Waals surface area (Å²) in [6.45, 7) is 10.6. The molecule has 1 aromatic carbocycles. The number of likely N-dealkylation sites (N-methyl/N-ethyl adjacent to an activating group) is 1. The molecule has 1 saturated carbocycles. The number of nitrogens with one attached hydrogen (secondary N) is 1. The molecule has 0 spiro atoms. The number of piperidine rings is 2. The van der Waals surface area contributed by atoms with E-state index < -0.39 is 35.2 Å². The molecule has 69 heavy (non-hydrogen) atoms. The van der Waals surface area contributed by atoms with E-state index in [9.17, 15) is 19.2 Å². The minimum absolute atomic E-state index is 0.00722. The van der Waals surface area contributed by atoms with Crippen LogP contribution in [0, 0.1) is 17.6 Å². The molecule has 4 amide bonds. The van der Waals surface area contributed by atoms with Crippen LogP contribution in [0.2, 0.25) is 0 Å². The van der Waals surface area contributed by atoms with Gasteiger partial charge in [0, 0.05) is 102 Å². The zero-order chi connectivity index (χ0) is 48.3. The lowest BCUT2D eigenvalue weighted by atomic mass is 9.94. The van der Waals surface area contributed by atoms with E-state index in [1.165, 1.54) is 23.4 Å². The number of hydrogen-bond acceptors (Lipinski definition) is 16. The second kappa shape index (κ2) is 18.2. The van der Waals surface area contributed by atoms with Crippen LogP contribution in [0.15, 0.2) is 35.4 Å². The third-order valence-corrected chi connectivity index (χ3v) is 14.1. The van der Waals surface area contributed by atoms with Crippen LogP contribution in [0.25, 0.3) is 33.8 Å². The molecule has 3 N–H and O–H groups in total. The molecule has 0 radical (unpaired) electrons. The van der Waals surface area contributed by atoms with Gasteiger partial charge in [-0.1, -0.05) is 5.16 Å². The lowest BCUT2D eigenvalue weighted by molar-refractivity contribution is -0.136. The van der Waals surface area contributed by atoms with Gasteiger partial charge in [0.1, 0.15) is 35.3 Å². The van der Waals surface area contributed by atoms with Gasteiger partial charge in [-0.05, 0) is 76.5 Å². The zero-order valence-corrected chi connectivity index (χ0v) is 39.2. The van der Waals surface area contributed by atoms with Crippen molar-refractivity contribution in [3.8, 4) is 22.8 Å². The SMILES string of the molecule is CN(c1cc(F)c(N2CCN(CC3CCN(C(=O)COC(=O)N4CC(c5cnc(-c6c(-c7nn(C(C)(C)C)c8ncnc(N)c78)noc6C6CC6)nc5)C4)CC3)CC2)c(F)c1)C1CCC(=O)NC1=O. The molecule has 4 aliphatic heterocycles. The van der Waals surface area contributed by atoms with Crippen molar-refractivity contribution in [2.75, 3.05) is 88.1 Å². The van der Waals surface area contributed by atoms with Crippen molar-refractivity contribution in [1.82, 2.24) is 54.9 Å². The number of imide groups is 1. The van der Waals surface area contributed by atoms with Gasteiger partial charge in [-0.15, -0.1) is 0 Å². The fourth-order valence-electron chi connectivity index (χ4n) is 9.91. The Morgan fingerprint density at radius 2 is 1.59 bits per heavy atom. The minimum Gasteiger partial charge on any atom is -0.439 e. The molecule has 4 aromatic heterocycles. The van der Waals surface area contributed by atoms with Crippen molar-refractivity contribution in [3.63, 3.8) is 0 Å². The van der Waals surface area contributed by atoms with E-state index in [2.05, 4.69) is 25.3 Å². The standard InChI is InChI=1S/C47H56F2N14O6/c1-47(2,3)63-44-37(42(50)53-25-54-44)38(56-63)39-36(41(69-57-39)27-5-6-27)43-51-19-28(20-52-43)29-22-62(23-29)46(67)68-24-35(65)60-11-9-26(10-12-60)21-59-13-15-61(16-14-59)40-31(48)17-30(18-32(40)49)58(4)33-7-8-34(64)55-45(33)66/h17-20,25-27,29,33H,5-16,21-24H2,1-4H3,(H2,50,53,54)(H,55,64,66). The molecule has 1 aliphatic carbocycles. The Bertz CT molecular complexity index is 2760. The predicted octanol–water partition coefficient (Wildman–Crippen LogP) is 4.27. The Hall–Kier alpha value is -6.84. The third kappa shape index (κ3) is 9.13. The minimum atomic E-state index is -0.701. The first-order valence-electron chi connectivity index (χ1n) is 23.7. The van der Waals surface area contributed by atoms with Gasteiger partial charge in [0.05, 0.1) is 16.5 Å². The number of likely N-dealkylation sites (tertiary alicyclic amines) is 2. The Morgan fingerprint density at radius 3 is 2.25 bits per heavy atom. The number of anilines is 3. The Morgan fingerprint density at radius 1 is 0.899 bits per heavy atom. The fraction of sp³-hybridized carbons (Fsp3) is 0.532. The number of ether oxygens (including phenoxy) is 1. The van der Waals surface area contributed by atoms with Gasteiger partial charge in [0.25, 0.3) is 5.91 Å². The van der Waals surface area contributed by atoms with Crippen LogP contribution in [0.3, 0.4) is 0 Å². The Balaban J connectivity index is 0.671. The highest BCUT2D eigenvalue weighted by Crippen LogP contribution is 2.48. The number of nitrogens with zero attached hydrogens (tertiary/aromatic N) is 12. The highest BCUT2D eigenvalue weighted by atomic mass is 19.1. The second-order valence-corrected chi connectivity index (χ2v) is 19.9. The van der Waals surface area contributed by atoms with Crippen LogP contribution < -0.4 is 20.9 Å². The molecule has 4 saturated heterocycles. The molecular weight excluding hydrogens is 895 g/mol. The molecule has 1 atom stereocenters. The number of halogens is 2. The summed E-state index contributed by atoms with van der Waals surface area (Å²) in [7, 11) is 1.59. The van der Waals surface area contributed by atoms with Gasteiger partial charge >= 0.3 is 6.09 Å². The summed E-state index contributed by atoms with van der Waals surface area (Å²) in [5.41, 5.74) is 9.20. The monoisotopic (exact) mass is 950 g/mol.